The fraction of sp³-hybridized carbons (Fsp3) is 0.190. The van der Waals surface area contributed by atoms with E-state index < -0.39 is 9.84 Å². The molecule has 0 saturated carbocycles. The van der Waals surface area contributed by atoms with Crippen molar-refractivity contribution in [3.8, 4) is 0 Å². The number of nitrogens with one attached hydrogen (secondary N) is 2. The molecule has 3 aromatic rings. The van der Waals surface area contributed by atoms with Gasteiger partial charge in [-0.25, -0.2) is 13.2 Å². The maximum absolute atomic E-state index is 12.5. The Morgan fingerprint density at radius 3 is 2.24 bits per heavy atom. The number of sulfone groups is 1. The predicted molar refractivity (Wildman–Crippen MR) is 118 cm³/mol. The lowest BCUT2D eigenvalue weighted by Gasteiger charge is -2.19. The molecule has 1 aromatic heterocycles. The third-order valence-electron chi connectivity index (χ3n) is 4.26. The summed E-state index contributed by atoms with van der Waals surface area (Å²) in [5.74, 6) is 0.00457. The van der Waals surface area contributed by atoms with E-state index >= 15 is 0 Å². The summed E-state index contributed by atoms with van der Waals surface area (Å²) in [5, 5.41) is 10.5. The highest BCUT2D eigenvalue weighted by Gasteiger charge is 2.17. The Bertz CT molecular complexity index is 1050. The first kappa shape index (κ1) is 21.4. The van der Waals surface area contributed by atoms with E-state index in [-0.39, 0.29) is 17.8 Å². The maximum atomic E-state index is 12.5. The Kier molecular flexibility index (Phi) is 6.95. The van der Waals surface area contributed by atoms with Crippen LogP contribution in [0.4, 0.5) is 4.79 Å². The molecule has 0 saturated heterocycles. The van der Waals surface area contributed by atoms with Crippen LogP contribution in [0.5, 0.6) is 0 Å². The van der Waals surface area contributed by atoms with E-state index in [2.05, 4.69) is 10.6 Å². The minimum Gasteiger partial charge on any atom is -0.334 e. The standard InChI is InChI=1S/C21H21ClN2O3S2/c1-29(26,27)14-16-4-2-15(3-5-16)12-23-21(25)24-20(18-10-11-28-13-18)17-6-8-19(22)9-7-17/h2-11,13,20H,12,14H2,1H3,(H2,23,24,25). The molecule has 2 N–H and O–H groups in total. The first-order valence-electron chi connectivity index (χ1n) is 8.87. The van der Waals surface area contributed by atoms with Crippen LogP contribution in [0.25, 0.3) is 0 Å². The fourth-order valence-electron chi connectivity index (χ4n) is 2.87. The van der Waals surface area contributed by atoms with Crippen LogP contribution in [0.15, 0.2) is 65.4 Å². The van der Waals surface area contributed by atoms with Gasteiger partial charge in [0.05, 0.1) is 11.8 Å². The van der Waals surface area contributed by atoms with Gasteiger partial charge in [-0.2, -0.15) is 11.3 Å². The van der Waals surface area contributed by atoms with E-state index in [1.165, 1.54) is 6.26 Å². The van der Waals surface area contributed by atoms with Gasteiger partial charge in [-0.15, -0.1) is 0 Å². The number of carbonyl (C=O) groups is 1. The molecule has 1 unspecified atom stereocenters. The number of carbonyl (C=O) groups excluding carboxylic acids is 1. The Morgan fingerprint density at radius 1 is 1.00 bits per heavy atom. The summed E-state index contributed by atoms with van der Waals surface area (Å²) in [4.78, 5) is 12.5. The van der Waals surface area contributed by atoms with Crippen LogP contribution in [0.2, 0.25) is 5.02 Å². The minimum atomic E-state index is -3.07. The van der Waals surface area contributed by atoms with Gasteiger partial charge in [-0.3, -0.25) is 0 Å². The summed E-state index contributed by atoms with van der Waals surface area (Å²) in [6, 6.07) is 15.9. The van der Waals surface area contributed by atoms with Crippen molar-refractivity contribution in [1.29, 1.82) is 0 Å². The molecule has 152 valence electrons. The zero-order valence-corrected chi connectivity index (χ0v) is 18.2. The molecule has 5 nitrogen and oxygen atoms in total. The van der Waals surface area contributed by atoms with Gasteiger partial charge < -0.3 is 10.6 Å². The third-order valence-corrected chi connectivity index (χ3v) is 6.07. The van der Waals surface area contributed by atoms with Crippen LogP contribution >= 0.6 is 22.9 Å². The Labute approximate surface area is 179 Å². The van der Waals surface area contributed by atoms with Gasteiger partial charge in [0.15, 0.2) is 9.84 Å². The quantitative estimate of drug-likeness (QED) is 0.557. The fourth-order valence-corrected chi connectivity index (χ4v) is 4.48. The Balaban J connectivity index is 1.62. The molecule has 0 aliphatic rings. The molecule has 0 bridgehead atoms. The summed E-state index contributed by atoms with van der Waals surface area (Å²) in [7, 11) is -3.07. The van der Waals surface area contributed by atoms with Crippen LogP contribution in [-0.4, -0.2) is 20.7 Å². The monoisotopic (exact) mass is 448 g/mol. The number of benzene rings is 2. The molecular weight excluding hydrogens is 428 g/mol. The van der Waals surface area contributed by atoms with Gasteiger partial charge in [-0.1, -0.05) is 48.0 Å². The Morgan fingerprint density at radius 2 is 1.66 bits per heavy atom. The average molecular weight is 449 g/mol. The number of rotatable bonds is 7. The van der Waals surface area contributed by atoms with Gasteiger partial charge in [0.1, 0.15) is 0 Å². The second-order valence-electron chi connectivity index (χ2n) is 6.75. The van der Waals surface area contributed by atoms with Crippen LogP contribution in [0.3, 0.4) is 0 Å². The molecule has 1 heterocycles. The van der Waals surface area contributed by atoms with E-state index in [1.54, 1.807) is 35.6 Å². The molecule has 0 radical (unpaired) electrons. The summed E-state index contributed by atoms with van der Waals surface area (Å²) >= 11 is 7.55. The molecule has 0 aliphatic carbocycles. The van der Waals surface area contributed by atoms with E-state index in [1.807, 2.05) is 41.1 Å². The van der Waals surface area contributed by atoms with Crippen molar-refractivity contribution >= 4 is 38.8 Å². The van der Waals surface area contributed by atoms with Crippen LogP contribution in [0.1, 0.15) is 28.3 Å². The van der Waals surface area contributed by atoms with Crippen molar-refractivity contribution in [3.63, 3.8) is 0 Å². The molecule has 0 spiro atoms. The lowest BCUT2D eigenvalue weighted by molar-refractivity contribution is 0.238. The van der Waals surface area contributed by atoms with Crippen molar-refractivity contribution in [3.05, 3.63) is 92.6 Å². The summed E-state index contributed by atoms with van der Waals surface area (Å²) < 4.78 is 22.7. The van der Waals surface area contributed by atoms with Gasteiger partial charge in [0.2, 0.25) is 0 Å². The molecule has 29 heavy (non-hydrogen) atoms. The number of urea groups is 1. The smallest absolute Gasteiger partial charge is 0.315 e. The van der Waals surface area contributed by atoms with Gasteiger partial charge in [0.25, 0.3) is 0 Å². The van der Waals surface area contributed by atoms with Crippen molar-refractivity contribution in [2.45, 2.75) is 18.3 Å². The molecule has 2 amide bonds. The Hall–Kier alpha value is -2.35. The highest BCUT2D eigenvalue weighted by molar-refractivity contribution is 7.89. The first-order valence-corrected chi connectivity index (χ1v) is 12.3. The summed E-state index contributed by atoms with van der Waals surface area (Å²) in [6.45, 7) is 0.335. The SMILES string of the molecule is CS(=O)(=O)Cc1ccc(CNC(=O)NC(c2ccc(Cl)cc2)c2ccsc2)cc1. The van der Waals surface area contributed by atoms with Crippen LogP contribution < -0.4 is 10.6 Å². The third kappa shape index (κ3) is 6.59. The number of amides is 2. The van der Waals surface area contributed by atoms with Crippen LogP contribution in [-0.2, 0) is 22.1 Å². The van der Waals surface area contributed by atoms with Crippen molar-refractivity contribution in [2.24, 2.45) is 0 Å². The number of thiophene rings is 1. The zero-order valence-electron chi connectivity index (χ0n) is 15.8. The number of halogens is 1. The average Bonchev–Trinajstić information content (AvgIpc) is 3.20. The van der Waals surface area contributed by atoms with E-state index in [9.17, 15) is 13.2 Å². The minimum absolute atomic E-state index is 0.00457. The largest absolute Gasteiger partial charge is 0.334 e. The van der Waals surface area contributed by atoms with Gasteiger partial charge in [0, 0.05) is 17.8 Å². The number of hydrogen-bond acceptors (Lipinski definition) is 4. The highest BCUT2D eigenvalue weighted by Crippen LogP contribution is 2.25. The second kappa shape index (κ2) is 9.43. The molecule has 2 aromatic carbocycles. The van der Waals surface area contributed by atoms with Crippen molar-refractivity contribution in [1.82, 2.24) is 10.6 Å². The predicted octanol–water partition coefficient (Wildman–Crippen LogP) is 4.53. The number of hydrogen-bond donors (Lipinski definition) is 2. The molecular formula is C21H21ClN2O3S2. The molecule has 1 atom stereocenters. The maximum Gasteiger partial charge on any atom is 0.315 e. The van der Waals surface area contributed by atoms with E-state index in [0.29, 0.717) is 11.6 Å². The van der Waals surface area contributed by atoms with Crippen molar-refractivity contribution < 1.29 is 13.2 Å². The van der Waals surface area contributed by atoms with Gasteiger partial charge >= 0.3 is 6.03 Å². The second-order valence-corrected chi connectivity index (χ2v) is 10.1. The summed E-state index contributed by atoms with van der Waals surface area (Å²) in [6.07, 6.45) is 1.21. The lowest BCUT2D eigenvalue weighted by atomic mass is 10.0. The van der Waals surface area contributed by atoms with Gasteiger partial charge in [-0.05, 0) is 51.2 Å². The normalized spacial score (nSPS) is 12.3. The lowest BCUT2D eigenvalue weighted by Crippen LogP contribution is -2.37. The first-order chi connectivity index (χ1) is 13.8. The van der Waals surface area contributed by atoms with Crippen LogP contribution in [0, 0.1) is 0 Å². The molecule has 8 heteroatoms. The molecule has 3 rings (SSSR count). The zero-order chi connectivity index (χ0) is 20.9. The van der Waals surface area contributed by atoms with E-state index in [4.69, 9.17) is 11.6 Å². The molecule has 0 aliphatic heterocycles. The van der Waals surface area contributed by atoms with Crippen molar-refractivity contribution in [2.75, 3.05) is 6.26 Å². The van der Waals surface area contributed by atoms with E-state index in [0.717, 1.165) is 22.3 Å². The molecule has 0 fully saturated rings. The highest BCUT2D eigenvalue weighted by atomic mass is 35.5. The summed E-state index contributed by atoms with van der Waals surface area (Å²) in [5.41, 5.74) is 3.54. The topological polar surface area (TPSA) is 75.3 Å².